The van der Waals surface area contributed by atoms with Crippen LogP contribution in [0.25, 0.3) is 10.8 Å². The summed E-state index contributed by atoms with van der Waals surface area (Å²) in [5.74, 6) is 0.00531. The average Bonchev–Trinajstić information content (AvgIpc) is 2.38. The van der Waals surface area contributed by atoms with Crippen LogP contribution in [0.5, 0.6) is 0 Å². The molecule has 0 unspecified atom stereocenters. The molecule has 2 aromatic rings. The molecular weight excluding hydrogens is 272 g/mol. The minimum absolute atomic E-state index is 0. The van der Waals surface area contributed by atoms with Crippen LogP contribution < -0.4 is 11.1 Å². The first-order valence-corrected chi connectivity index (χ1v) is 6.49. The molecule has 0 aliphatic carbocycles. The summed E-state index contributed by atoms with van der Waals surface area (Å²) in [6.45, 7) is 4.27. The van der Waals surface area contributed by atoms with Crippen molar-refractivity contribution in [2.24, 2.45) is 5.73 Å². The lowest BCUT2D eigenvalue weighted by Crippen LogP contribution is -2.49. The lowest BCUT2D eigenvalue weighted by atomic mass is 10.0. The molecule has 0 radical (unpaired) electrons. The molecule has 0 bridgehead atoms. The molecule has 3 N–H and O–H groups in total. The van der Waals surface area contributed by atoms with Gasteiger partial charge >= 0.3 is 0 Å². The topological polar surface area (TPSA) is 55.1 Å². The number of amides is 1. The molecule has 0 heterocycles. The van der Waals surface area contributed by atoms with Crippen LogP contribution in [0, 0.1) is 0 Å². The second-order valence-corrected chi connectivity index (χ2v) is 5.49. The zero-order chi connectivity index (χ0) is 13.9. The third-order valence-corrected chi connectivity index (χ3v) is 3.17. The number of benzene rings is 2. The van der Waals surface area contributed by atoms with Crippen LogP contribution >= 0.6 is 12.4 Å². The van der Waals surface area contributed by atoms with Crippen molar-refractivity contribution < 1.29 is 4.79 Å². The smallest absolute Gasteiger partial charge is 0.224 e. The van der Waals surface area contributed by atoms with Crippen molar-refractivity contribution in [1.82, 2.24) is 5.32 Å². The van der Waals surface area contributed by atoms with Gasteiger partial charge in [-0.15, -0.1) is 12.4 Å². The molecule has 2 aromatic carbocycles. The second kappa shape index (κ2) is 6.73. The fourth-order valence-electron chi connectivity index (χ4n) is 2.01. The molecule has 1 amide bonds. The van der Waals surface area contributed by atoms with Crippen LogP contribution in [0.15, 0.2) is 42.5 Å². The summed E-state index contributed by atoms with van der Waals surface area (Å²) in [4.78, 5) is 12.0. The highest BCUT2D eigenvalue weighted by molar-refractivity contribution is 5.86. The minimum Gasteiger partial charge on any atom is -0.350 e. The van der Waals surface area contributed by atoms with Crippen LogP contribution in [0.2, 0.25) is 0 Å². The maximum Gasteiger partial charge on any atom is 0.224 e. The normalized spacial score (nSPS) is 10.9. The van der Waals surface area contributed by atoms with Gasteiger partial charge in [0.2, 0.25) is 5.91 Å². The largest absolute Gasteiger partial charge is 0.350 e. The molecule has 3 nitrogen and oxygen atoms in total. The van der Waals surface area contributed by atoms with E-state index in [4.69, 9.17) is 5.73 Å². The highest BCUT2D eigenvalue weighted by Gasteiger charge is 2.18. The molecule has 0 spiro atoms. The molecule has 0 fully saturated rings. The first-order valence-electron chi connectivity index (χ1n) is 6.49. The van der Waals surface area contributed by atoms with Gasteiger partial charge in [0.1, 0.15) is 0 Å². The van der Waals surface area contributed by atoms with Crippen molar-refractivity contribution in [2.75, 3.05) is 6.54 Å². The Morgan fingerprint density at radius 1 is 1.15 bits per heavy atom. The van der Waals surface area contributed by atoms with Gasteiger partial charge in [0.15, 0.2) is 0 Å². The number of fused-ring (bicyclic) bond motifs is 1. The molecule has 20 heavy (non-hydrogen) atoms. The lowest BCUT2D eigenvalue weighted by Gasteiger charge is -2.24. The summed E-state index contributed by atoms with van der Waals surface area (Å²) in [6, 6.07) is 14.2. The molecule has 0 saturated carbocycles. The van der Waals surface area contributed by atoms with Gasteiger partial charge in [-0.05, 0) is 30.2 Å². The Morgan fingerprint density at radius 2 is 1.80 bits per heavy atom. The van der Waals surface area contributed by atoms with E-state index < -0.39 is 0 Å². The monoisotopic (exact) mass is 292 g/mol. The zero-order valence-corrected chi connectivity index (χ0v) is 12.7. The molecule has 0 saturated heterocycles. The quantitative estimate of drug-likeness (QED) is 0.910. The summed E-state index contributed by atoms with van der Waals surface area (Å²) < 4.78 is 0. The summed E-state index contributed by atoms with van der Waals surface area (Å²) in [5, 5.41) is 5.29. The van der Waals surface area contributed by atoms with Crippen molar-refractivity contribution in [2.45, 2.75) is 25.8 Å². The van der Waals surface area contributed by atoms with Gasteiger partial charge in [-0.2, -0.15) is 0 Å². The van der Waals surface area contributed by atoms with Crippen molar-refractivity contribution in [3.8, 4) is 0 Å². The van der Waals surface area contributed by atoms with Crippen molar-refractivity contribution in [3.63, 3.8) is 0 Å². The summed E-state index contributed by atoms with van der Waals surface area (Å²) >= 11 is 0. The van der Waals surface area contributed by atoms with Gasteiger partial charge in [0.05, 0.1) is 6.42 Å². The molecule has 0 atom stereocenters. The Labute approximate surface area is 126 Å². The molecule has 0 aromatic heterocycles. The second-order valence-electron chi connectivity index (χ2n) is 5.49. The van der Waals surface area contributed by atoms with Gasteiger partial charge in [0, 0.05) is 12.1 Å². The van der Waals surface area contributed by atoms with Crippen molar-refractivity contribution >= 4 is 29.1 Å². The number of nitrogens with one attached hydrogen (secondary N) is 1. The fourth-order valence-corrected chi connectivity index (χ4v) is 2.01. The highest BCUT2D eigenvalue weighted by Crippen LogP contribution is 2.16. The van der Waals surface area contributed by atoms with Crippen LogP contribution in [-0.2, 0) is 11.2 Å². The van der Waals surface area contributed by atoms with Crippen LogP contribution in [0.1, 0.15) is 19.4 Å². The average molecular weight is 293 g/mol. The molecule has 4 heteroatoms. The molecule has 2 rings (SSSR count). The number of nitrogens with two attached hydrogens (primary N) is 1. The summed E-state index contributed by atoms with van der Waals surface area (Å²) in [7, 11) is 0. The standard InChI is InChI=1S/C16H20N2O.ClH/c1-16(2,11-17)18-15(19)10-12-7-8-13-5-3-4-6-14(13)9-12;/h3-9H,10-11,17H2,1-2H3,(H,18,19);1H. The highest BCUT2D eigenvalue weighted by atomic mass is 35.5. The van der Waals surface area contributed by atoms with E-state index in [1.165, 1.54) is 5.39 Å². The lowest BCUT2D eigenvalue weighted by molar-refractivity contribution is -0.121. The Balaban J connectivity index is 0.00000200. The first-order chi connectivity index (χ1) is 9.00. The Kier molecular flexibility index (Phi) is 5.54. The fraction of sp³-hybridized carbons (Fsp3) is 0.312. The van der Waals surface area contributed by atoms with Gasteiger partial charge < -0.3 is 11.1 Å². The molecule has 0 aliphatic heterocycles. The van der Waals surface area contributed by atoms with Crippen LogP contribution in [0.4, 0.5) is 0 Å². The number of hydrogen-bond donors (Lipinski definition) is 2. The number of carbonyl (C=O) groups excluding carboxylic acids is 1. The van der Waals surface area contributed by atoms with E-state index in [0.29, 0.717) is 13.0 Å². The van der Waals surface area contributed by atoms with E-state index in [1.54, 1.807) is 0 Å². The third kappa shape index (κ3) is 4.22. The number of hydrogen-bond acceptors (Lipinski definition) is 2. The van der Waals surface area contributed by atoms with E-state index in [-0.39, 0.29) is 23.9 Å². The van der Waals surface area contributed by atoms with Crippen LogP contribution in [-0.4, -0.2) is 18.0 Å². The van der Waals surface area contributed by atoms with E-state index in [1.807, 2.05) is 38.1 Å². The molecule has 108 valence electrons. The van der Waals surface area contributed by atoms with Crippen molar-refractivity contribution in [3.05, 3.63) is 48.0 Å². The number of carbonyl (C=O) groups is 1. The summed E-state index contributed by atoms with van der Waals surface area (Å²) in [6.07, 6.45) is 0.383. The Morgan fingerprint density at radius 3 is 2.45 bits per heavy atom. The molecular formula is C16H21ClN2O. The van der Waals surface area contributed by atoms with Gasteiger partial charge in [-0.1, -0.05) is 42.5 Å². The zero-order valence-electron chi connectivity index (χ0n) is 11.8. The van der Waals surface area contributed by atoms with E-state index in [9.17, 15) is 4.79 Å². The predicted molar refractivity (Wildman–Crippen MR) is 86.2 cm³/mol. The molecule has 0 aliphatic rings. The summed E-state index contributed by atoms with van der Waals surface area (Å²) in [5.41, 5.74) is 6.27. The number of halogens is 1. The van der Waals surface area contributed by atoms with Crippen molar-refractivity contribution in [1.29, 1.82) is 0 Å². The Bertz CT molecular complexity index is 596. The van der Waals surface area contributed by atoms with Gasteiger partial charge in [-0.25, -0.2) is 0 Å². The van der Waals surface area contributed by atoms with E-state index in [0.717, 1.165) is 10.9 Å². The number of rotatable bonds is 4. The third-order valence-electron chi connectivity index (χ3n) is 3.17. The first kappa shape index (κ1) is 16.5. The maximum atomic E-state index is 12.0. The van der Waals surface area contributed by atoms with E-state index in [2.05, 4.69) is 23.5 Å². The van der Waals surface area contributed by atoms with Gasteiger partial charge in [0.25, 0.3) is 0 Å². The SMILES string of the molecule is CC(C)(CN)NC(=O)Cc1ccc2ccccc2c1.Cl. The van der Waals surface area contributed by atoms with E-state index >= 15 is 0 Å². The van der Waals surface area contributed by atoms with Gasteiger partial charge in [-0.3, -0.25) is 4.79 Å². The maximum absolute atomic E-state index is 12.0. The minimum atomic E-state index is -0.353. The predicted octanol–water partition coefficient (Wildman–Crippen LogP) is 2.66. The Hall–Kier alpha value is -1.58. The van der Waals surface area contributed by atoms with Crippen LogP contribution in [0.3, 0.4) is 0 Å².